The molecule has 1 aromatic rings. The molecule has 1 aliphatic heterocycles. The van der Waals surface area contributed by atoms with Crippen molar-refractivity contribution in [2.45, 2.75) is 51.6 Å². The van der Waals surface area contributed by atoms with E-state index in [1.165, 1.54) is 6.42 Å². The van der Waals surface area contributed by atoms with Gasteiger partial charge < -0.3 is 14.2 Å². The van der Waals surface area contributed by atoms with Crippen molar-refractivity contribution >= 4 is 11.8 Å². The van der Waals surface area contributed by atoms with Crippen LogP contribution in [0.4, 0.5) is 0 Å². The number of benzene rings is 1. The predicted molar refractivity (Wildman–Crippen MR) is 106 cm³/mol. The van der Waals surface area contributed by atoms with Gasteiger partial charge in [-0.2, -0.15) is 0 Å². The van der Waals surface area contributed by atoms with E-state index in [0.29, 0.717) is 31.1 Å². The molecule has 0 bridgehead atoms. The number of fused-ring (bicyclic) bond motifs is 1. The van der Waals surface area contributed by atoms with Crippen LogP contribution in [0.15, 0.2) is 18.2 Å². The van der Waals surface area contributed by atoms with Gasteiger partial charge in [-0.3, -0.25) is 14.5 Å². The van der Waals surface area contributed by atoms with Crippen molar-refractivity contribution in [2.24, 2.45) is 5.92 Å². The summed E-state index contributed by atoms with van der Waals surface area (Å²) in [4.78, 5) is 26.2. The molecule has 1 heterocycles. The average Bonchev–Trinajstić information content (AvgIpc) is 2.71. The van der Waals surface area contributed by atoms with Gasteiger partial charge in [-0.05, 0) is 44.5 Å². The molecular formula is C22H31NO5. The quantitative estimate of drug-likeness (QED) is 0.637. The van der Waals surface area contributed by atoms with E-state index in [1.54, 1.807) is 0 Å². The number of aryl methyl sites for hydroxylation is 1. The zero-order valence-corrected chi connectivity index (χ0v) is 16.9. The fraction of sp³-hybridized carbons (Fsp3) is 0.636. The highest BCUT2D eigenvalue weighted by atomic mass is 16.6. The minimum Gasteiger partial charge on any atom is -0.486 e. The lowest BCUT2D eigenvalue weighted by atomic mass is 9.85. The SMILES string of the molecule is Cc1ccc2c(c1)OCC(COC(=O)CN(C)CCC(=O)C1CCCCC1)O2. The van der Waals surface area contributed by atoms with Crippen LogP contribution in [0.2, 0.25) is 0 Å². The molecule has 1 saturated carbocycles. The van der Waals surface area contributed by atoms with Crippen molar-refractivity contribution in [1.29, 1.82) is 0 Å². The van der Waals surface area contributed by atoms with Crippen LogP contribution in [0.3, 0.4) is 0 Å². The summed E-state index contributed by atoms with van der Waals surface area (Å²) in [5.74, 6) is 1.65. The highest BCUT2D eigenvalue weighted by molar-refractivity contribution is 5.81. The molecule has 0 N–H and O–H groups in total. The van der Waals surface area contributed by atoms with Crippen molar-refractivity contribution in [3.63, 3.8) is 0 Å². The number of esters is 1. The van der Waals surface area contributed by atoms with E-state index >= 15 is 0 Å². The van der Waals surface area contributed by atoms with Crippen molar-refractivity contribution in [1.82, 2.24) is 4.90 Å². The largest absolute Gasteiger partial charge is 0.486 e. The van der Waals surface area contributed by atoms with E-state index in [0.717, 1.165) is 37.0 Å². The second-order valence-corrected chi connectivity index (χ2v) is 7.97. The molecule has 28 heavy (non-hydrogen) atoms. The molecule has 6 heteroatoms. The van der Waals surface area contributed by atoms with E-state index in [-0.39, 0.29) is 31.1 Å². The van der Waals surface area contributed by atoms with Crippen LogP contribution in [0.25, 0.3) is 0 Å². The predicted octanol–water partition coefficient (Wildman–Crippen LogP) is 3.15. The fourth-order valence-corrected chi connectivity index (χ4v) is 3.76. The Bertz CT molecular complexity index is 684. The van der Waals surface area contributed by atoms with Gasteiger partial charge in [0.1, 0.15) is 19.0 Å². The first kappa shape index (κ1) is 20.6. The monoisotopic (exact) mass is 389 g/mol. The van der Waals surface area contributed by atoms with Crippen LogP contribution >= 0.6 is 0 Å². The first-order valence-corrected chi connectivity index (χ1v) is 10.3. The minimum absolute atomic E-state index is 0.154. The third-order valence-electron chi connectivity index (χ3n) is 5.45. The van der Waals surface area contributed by atoms with Crippen LogP contribution in [0.5, 0.6) is 11.5 Å². The maximum atomic E-state index is 12.3. The minimum atomic E-state index is -0.314. The normalized spacial score (nSPS) is 19.5. The number of carbonyl (C=O) groups is 2. The van der Waals surface area contributed by atoms with Crippen LogP contribution in [0.1, 0.15) is 44.1 Å². The van der Waals surface area contributed by atoms with Crippen LogP contribution in [0, 0.1) is 12.8 Å². The standard InChI is InChI=1S/C22H31NO5/c1-16-8-9-20-21(12-16)26-14-18(28-20)15-27-22(25)13-23(2)11-10-19(24)17-6-4-3-5-7-17/h8-9,12,17-18H,3-7,10-11,13-15H2,1-2H3. The number of ether oxygens (including phenoxy) is 3. The fourth-order valence-electron chi connectivity index (χ4n) is 3.76. The van der Waals surface area contributed by atoms with Gasteiger partial charge in [-0.25, -0.2) is 0 Å². The van der Waals surface area contributed by atoms with Gasteiger partial charge in [0.15, 0.2) is 17.6 Å². The number of nitrogens with zero attached hydrogens (tertiary/aromatic N) is 1. The second kappa shape index (κ2) is 9.92. The molecule has 0 saturated heterocycles. The molecule has 154 valence electrons. The first-order chi connectivity index (χ1) is 13.5. The Hall–Kier alpha value is -2.08. The smallest absolute Gasteiger partial charge is 0.320 e. The number of Topliss-reactive ketones (excluding diaryl/α,β-unsaturated/α-hetero) is 1. The molecule has 1 unspecified atom stereocenters. The maximum Gasteiger partial charge on any atom is 0.320 e. The Morgan fingerprint density at radius 2 is 1.96 bits per heavy atom. The summed E-state index contributed by atoms with van der Waals surface area (Å²) in [6.07, 6.45) is 5.82. The summed E-state index contributed by atoms with van der Waals surface area (Å²) in [5, 5.41) is 0. The summed E-state index contributed by atoms with van der Waals surface area (Å²) < 4.78 is 16.9. The molecule has 2 aliphatic rings. The molecule has 1 aromatic carbocycles. The maximum absolute atomic E-state index is 12.3. The van der Waals surface area contributed by atoms with Gasteiger partial charge in [-0.1, -0.05) is 25.3 Å². The van der Waals surface area contributed by atoms with Crippen molar-refractivity contribution in [3.05, 3.63) is 23.8 Å². The molecule has 0 radical (unpaired) electrons. The van der Waals surface area contributed by atoms with Crippen LogP contribution in [-0.2, 0) is 14.3 Å². The third-order valence-corrected chi connectivity index (χ3v) is 5.45. The molecule has 0 aromatic heterocycles. The Balaban J connectivity index is 1.34. The topological polar surface area (TPSA) is 65.1 Å². The van der Waals surface area contributed by atoms with Gasteiger partial charge >= 0.3 is 5.97 Å². The summed E-state index contributed by atoms with van der Waals surface area (Å²) in [5.41, 5.74) is 1.11. The van der Waals surface area contributed by atoms with Gasteiger partial charge in [0.25, 0.3) is 0 Å². The van der Waals surface area contributed by atoms with E-state index in [9.17, 15) is 9.59 Å². The van der Waals surface area contributed by atoms with Crippen molar-refractivity contribution in [2.75, 3.05) is 33.4 Å². The van der Waals surface area contributed by atoms with E-state index < -0.39 is 0 Å². The molecule has 6 nitrogen and oxygen atoms in total. The Kier molecular flexibility index (Phi) is 7.31. The van der Waals surface area contributed by atoms with Gasteiger partial charge in [0.05, 0.1) is 6.54 Å². The molecule has 0 spiro atoms. The lowest BCUT2D eigenvalue weighted by Gasteiger charge is -2.26. The molecule has 0 amide bonds. The Labute approximate surface area is 167 Å². The van der Waals surface area contributed by atoms with Gasteiger partial charge in [0.2, 0.25) is 0 Å². The second-order valence-electron chi connectivity index (χ2n) is 7.97. The summed E-state index contributed by atoms with van der Waals surface area (Å²) >= 11 is 0. The number of ketones is 1. The molecule has 1 fully saturated rings. The van der Waals surface area contributed by atoms with Gasteiger partial charge in [0, 0.05) is 18.9 Å². The van der Waals surface area contributed by atoms with Crippen LogP contribution < -0.4 is 9.47 Å². The summed E-state index contributed by atoms with van der Waals surface area (Å²) in [6, 6.07) is 5.76. The summed E-state index contributed by atoms with van der Waals surface area (Å²) in [7, 11) is 1.84. The zero-order chi connectivity index (χ0) is 19.9. The lowest BCUT2D eigenvalue weighted by Crippen LogP contribution is -2.36. The average molecular weight is 389 g/mol. The van der Waals surface area contributed by atoms with E-state index in [1.807, 2.05) is 37.1 Å². The van der Waals surface area contributed by atoms with E-state index in [2.05, 4.69) is 0 Å². The zero-order valence-electron chi connectivity index (χ0n) is 16.9. The van der Waals surface area contributed by atoms with E-state index in [4.69, 9.17) is 14.2 Å². The molecular weight excluding hydrogens is 358 g/mol. The highest BCUT2D eigenvalue weighted by Crippen LogP contribution is 2.32. The van der Waals surface area contributed by atoms with Crippen LogP contribution in [-0.4, -0.2) is 56.1 Å². The van der Waals surface area contributed by atoms with Crippen molar-refractivity contribution < 1.29 is 23.8 Å². The highest BCUT2D eigenvalue weighted by Gasteiger charge is 2.24. The molecule has 3 rings (SSSR count). The number of likely N-dealkylation sites (N-methyl/N-ethyl adjacent to an activating group) is 1. The number of hydrogen-bond donors (Lipinski definition) is 0. The van der Waals surface area contributed by atoms with Gasteiger partial charge in [-0.15, -0.1) is 0 Å². The number of carbonyl (C=O) groups excluding carboxylic acids is 2. The third kappa shape index (κ3) is 5.96. The molecule has 1 atom stereocenters. The number of rotatable bonds is 8. The van der Waals surface area contributed by atoms with Crippen molar-refractivity contribution in [3.8, 4) is 11.5 Å². The molecule has 1 aliphatic carbocycles. The Morgan fingerprint density at radius 1 is 1.18 bits per heavy atom. The Morgan fingerprint density at radius 3 is 2.75 bits per heavy atom. The first-order valence-electron chi connectivity index (χ1n) is 10.3. The number of hydrogen-bond acceptors (Lipinski definition) is 6. The lowest BCUT2D eigenvalue weighted by molar-refractivity contribution is -0.148. The summed E-state index contributed by atoms with van der Waals surface area (Å²) in [6.45, 7) is 3.26.